The summed E-state index contributed by atoms with van der Waals surface area (Å²) in [7, 11) is 0. The minimum absolute atomic E-state index is 0.154. The number of halogens is 1. The van der Waals surface area contributed by atoms with Crippen LogP contribution in [0.2, 0.25) is 5.02 Å². The standard InChI is InChI=1S/C8H10.C7H5ClO2/c1-7-4-3-5-8(2)6-7;8-6-3-1-2-5(4-9)7(6)10/h3-6H,1-2H3;1-4,10H. The summed E-state index contributed by atoms with van der Waals surface area (Å²) in [6.45, 7) is 4.21. The molecule has 2 aromatic rings. The van der Waals surface area contributed by atoms with Gasteiger partial charge in [-0.05, 0) is 26.0 Å². The van der Waals surface area contributed by atoms with Gasteiger partial charge < -0.3 is 5.11 Å². The normalized spacial score (nSPS) is 9.28. The zero-order valence-electron chi connectivity index (χ0n) is 10.4. The largest absolute Gasteiger partial charge is 0.506 e. The highest BCUT2D eigenvalue weighted by Crippen LogP contribution is 2.25. The lowest BCUT2D eigenvalue weighted by atomic mass is 10.2. The number of rotatable bonds is 1. The average Bonchev–Trinajstić information content (AvgIpc) is 2.33. The van der Waals surface area contributed by atoms with Gasteiger partial charge in [-0.3, -0.25) is 4.79 Å². The first-order chi connectivity index (χ1) is 8.54. The number of aryl methyl sites for hydroxylation is 2. The molecule has 94 valence electrons. The zero-order valence-corrected chi connectivity index (χ0v) is 11.1. The van der Waals surface area contributed by atoms with Crippen LogP contribution >= 0.6 is 11.6 Å². The first-order valence-corrected chi connectivity index (χ1v) is 5.88. The van der Waals surface area contributed by atoms with E-state index in [-0.39, 0.29) is 16.3 Å². The molecule has 18 heavy (non-hydrogen) atoms. The van der Waals surface area contributed by atoms with E-state index in [2.05, 4.69) is 38.1 Å². The van der Waals surface area contributed by atoms with Gasteiger partial charge in [-0.1, -0.05) is 53.1 Å². The molecule has 0 saturated carbocycles. The molecular formula is C15H15ClO2. The van der Waals surface area contributed by atoms with Gasteiger partial charge in [-0.2, -0.15) is 0 Å². The van der Waals surface area contributed by atoms with Gasteiger partial charge in [-0.25, -0.2) is 0 Å². The van der Waals surface area contributed by atoms with Crippen molar-refractivity contribution in [3.63, 3.8) is 0 Å². The summed E-state index contributed by atoms with van der Waals surface area (Å²) < 4.78 is 0. The van der Waals surface area contributed by atoms with E-state index < -0.39 is 0 Å². The summed E-state index contributed by atoms with van der Waals surface area (Å²) in [6.07, 6.45) is 0.557. The maximum absolute atomic E-state index is 10.2. The van der Waals surface area contributed by atoms with Crippen molar-refractivity contribution in [2.24, 2.45) is 0 Å². The zero-order chi connectivity index (χ0) is 13.5. The molecule has 1 N–H and O–H groups in total. The molecule has 0 unspecified atom stereocenters. The summed E-state index contributed by atoms with van der Waals surface area (Å²) in [6, 6.07) is 13.1. The second-order valence-electron chi connectivity index (χ2n) is 3.95. The van der Waals surface area contributed by atoms with Crippen LogP contribution in [0.3, 0.4) is 0 Å². The Bertz CT molecular complexity index is 519. The Morgan fingerprint density at radius 3 is 2.00 bits per heavy atom. The van der Waals surface area contributed by atoms with Crippen molar-refractivity contribution in [2.45, 2.75) is 13.8 Å². The molecule has 0 atom stereocenters. The van der Waals surface area contributed by atoms with Crippen LogP contribution in [0.1, 0.15) is 21.5 Å². The van der Waals surface area contributed by atoms with Crippen molar-refractivity contribution in [3.05, 3.63) is 64.2 Å². The molecule has 0 heterocycles. The summed E-state index contributed by atoms with van der Waals surface area (Å²) in [5.74, 6) is -0.154. The monoisotopic (exact) mass is 262 g/mol. The van der Waals surface area contributed by atoms with Gasteiger partial charge in [0, 0.05) is 0 Å². The Labute approximate surface area is 112 Å². The molecule has 0 bridgehead atoms. The average molecular weight is 263 g/mol. The molecular weight excluding hydrogens is 248 g/mol. The number of carbonyl (C=O) groups excluding carboxylic acids is 1. The highest BCUT2D eigenvalue weighted by Gasteiger charge is 2.01. The fraction of sp³-hybridized carbons (Fsp3) is 0.133. The van der Waals surface area contributed by atoms with Crippen LogP contribution in [0.5, 0.6) is 5.75 Å². The van der Waals surface area contributed by atoms with Crippen molar-refractivity contribution >= 4 is 17.9 Å². The highest BCUT2D eigenvalue weighted by molar-refractivity contribution is 6.32. The number of carbonyl (C=O) groups is 1. The van der Waals surface area contributed by atoms with Crippen LogP contribution < -0.4 is 0 Å². The Hall–Kier alpha value is -1.80. The summed E-state index contributed by atoms with van der Waals surface area (Å²) >= 11 is 5.48. The molecule has 2 nitrogen and oxygen atoms in total. The SMILES string of the molecule is Cc1cccc(C)c1.O=Cc1cccc(Cl)c1O. The second kappa shape index (κ2) is 6.82. The molecule has 0 fully saturated rings. The molecule has 3 heteroatoms. The fourth-order valence-electron chi connectivity index (χ4n) is 1.43. The number of para-hydroxylation sites is 1. The number of phenolic OH excluding ortho intramolecular Hbond substituents is 1. The van der Waals surface area contributed by atoms with Crippen molar-refractivity contribution in [2.75, 3.05) is 0 Å². The van der Waals surface area contributed by atoms with Gasteiger partial charge in [0.05, 0.1) is 10.6 Å². The predicted octanol–water partition coefficient (Wildman–Crippen LogP) is 4.16. The van der Waals surface area contributed by atoms with Crippen LogP contribution in [0.15, 0.2) is 42.5 Å². The molecule has 2 rings (SSSR count). The van der Waals surface area contributed by atoms with Gasteiger partial charge in [0.1, 0.15) is 5.75 Å². The lowest BCUT2D eigenvalue weighted by Gasteiger charge is -1.96. The molecule has 0 saturated heterocycles. The molecule has 0 aromatic heterocycles. The molecule has 0 aliphatic rings. The Morgan fingerprint density at radius 2 is 1.61 bits per heavy atom. The van der Waals surface area contributed by atoms with E-state index in [4.69, 9.17) is 16.7 Å². The maximum atomic E-state index is 10.2. The van der Waals surface area contributed by atoms with E-state index in [1.165, 1.54) is 23.3 Å². The van der Waals surface area contributed by atoms with Crippen LogP contribution in [0.25, 0.3) is 0 Å². The summed E-state index contributed by atoms with van der Waals surface area (Å²) in [4.78, 5) is 10.2. The van der Waals surface area contributed by atoms with Crippen LogP contribution in [0.4, 0.5) is 0 Å². The van der Waals surface area contributed by atoms with E-state index in [0.29, 0.717) is 6.29 Å². The van der Waals surface area contributed by atoms with Crippen LogP contribution in [-0.4, -0.2) is 11.4 Å². The number of aldehydes is 1. The second-order valence-corrected chi connectivity index (χ2v) is 4.36. The maximum Gasteiger partial charge on any atom is 0.153 e. The number of benzene rings is 2. The van der Waals surface area contributed by atoms with Gasteiger partial charge in [0.15, 0.2) is 6.29 Å². The number of hydrogen-bond donors (Lipinski definition) is 1. The van der Waals surface area contributed by atoms with Gasteiger partial charge in [0.2, 0.25) is 0 Å². The summed E-state index contributed by atoms with van der Waals surface area (Å²) in [5, 5.41) is 9.23. The van der Waals surface area contributed by atoms with Crippen molar-refractivity contribution in [1.29, 1.82) is 0 Å². The van der Waals surface area contributed by atoms with E-state index in [0.717, 1.165) is 0 Å². The van der Waals surface area contributed by atoms with Crippen LogP contribution in [0, 0.1) is 13.8 Å². The van der Waals surface area contributed by atoms with Crippen molar-refractivity contribution < 1.29 is 9.90 Å². The Balaban J connectivity index is 0.000000184. The number of aromatic hydroxyl groups is 1. The quantitative estimate of drug-likeness (QED) is 0.784. The first-order valence-electron chi connectivity index (χ1n) is 5.50. The molecule has 0 aliphatic heterocycles. The van der Waals surface area contributed by atoms with Gasteiger partial charge in [-0.15, -0.1) is 0 Å². The smallest absolute Gasteiger partial charge is 0.153 e. The molecule has 0 amide bonds. The molecule has 0 radical (unpaired) electrons. The molecule has 0 aliphatic carbocycles. The van der Waals surface area contributed by atoms with E-state index in [1.54, 1.807) is 6.07 Å². The predicted molar refractivity (Wildman–Crippen MR) is 74.4 cm³/mol. The molecule has 0 spiro atoms. The minimum atomic E-state index is -0.154. The van der Waals surface area contributed by atoms with E-state index in [9.17, 15) is 4.79 Å². The highest BCUT2D eigenvalue weighted by atomic mass is 35.5. The van der Waals surface area contributed by atoms with Crippen molar-refractivity contribution in [3.8, 4) is 5.75 Å². The third-order valence-electron chi connectivity index (χ3n) is 2.32. The Morgan fingerprint density at radius 1 is 1.06 bits per heavy atom. The number of hydrogen-bond acceptors (Lipinski definition) is 2. The molecule has 2 aromatic carbocycles. The van der Waals surface area contributed by atoms with Crippen molar-refractivity contribution in [1.82, 2.24) is 0 Å². The minimum Gasteiger partial charge on any atom is -0.506 e. The van der Waals surface area contributed by atoms with Gasteiger partial charge in [0.25, 0.3) is 0 Å². The number of phenols is 1. The lowest BCUT2D eigenvalue weighted by molar-refractivity contribution is 0.112. The van der Waals surface area contributed by atoms with E-state index >= 15 is 0 Å². The third kappa shape index (κ3) is 4.22. The third-order valence-corrected chi connectivity index (χ3v) is 2.62. The fourth-order valence-corrected chi connectivity index (χ4v) is 1.62. The topological polar surface area (TPSA) is 37.3 Å². The first kappa shape index (κ1) is 14.3. The van der Waals surface area contributed by atoms with E-state index in [1.807, 2.05) is 0 Å². The van der Waals surface area contributed by atoms with Crippen LogP contribution in [-0.2, 0) is 0 Å². The Kier molecular flexibility index (Phi) is 5.40. The van der Waals surface area contributed by atoms with Gasteiger partial charge >= 0.3 is 0 Å². The summed E-state index contributed by atoms with van der Waals surface area (Å²) in [5.41, 5.74) is 2.89. The lowest BCUT2D eigenvalue weighted by Crippen LogP contribution is -1.79.